The van der Waals surface area contributed by atoms with Crippen molar-refractivity contribution in [2.24, 2.45) is 0 Å². The fourth-order valence-electron chi connectivity index (χ4n) is 2.85. The Labute approximate surface area is 161 Å². The third kappa shape index (κ3) is 3.98. The largest absolute Gasteiger partial charge is 0.452 e. The molecule has 3 aromatic rings. The van der Waals surface area contributed by atoms with Crippen molar-refractivity contribution in [1.82, 2.24) is 0 Å². The summed E-state index contributed by atoms with van der Waals surface area (Å²) in [6.07, 6.45) is 0. The minimum absolute atomic E-state index is 0.0688. The summed E-state index contributed by atoms with van der Waals surface area (Å²) < 4.78 is 5.10. The standard InChI is InChI=1S/C21H18N2O5/c1-13-10-18(19(23(26)27)11-14(13)2)22-20(24)12-28-21(25)17-9-5-7-15-6-3-4-8-16(15)17/h3-11H,12H2,1-2H3,(H,22,24). The summed E-state index contributed by atoms with van der Waals surface area (Å²) in [4.78, 5) is 35.2. The van der Waals surface area contributed by atoms with E-state index in [0.717, 1.165) is 21.9 Å². The van der Waals surface area contributed by atoms with Gasteiger partial charge in [0.25, 0.3) is 11.6 Å². The average Bonchev–Trinajstić information content (AvgIpc) is 2.68. The summed E-state index contributed by atoms with van der Waals surface area (Å²) in [5, 5.41) is 15.3. The molecule has 0 heterocycles. The van der Waals surface area contributed by atoms with E-state index in [1.165, 1.54) is 12.1 Å². The van der Waals surface area contributed by atoms with E-state index in [2.05, 4.69) is 5.32 Å². The van der Waals surface area contributed by atoms with Crippen molar-refractivity contribution in [2.75, 3.05) is 11.9 Å². The van der Waals surface area contributed by atoms with Crippen molar-refractivity contribution in [3.8, 4) is 0 Å². The van der Waals surface area contributed by atoms with Crippen LogP contribution in [0.4, 0.5) is 11.4 Å². The van der Waals surface area contributed by atoms with Crippen molar-refractivity contribution in [2.45, 2.75) is 13.8 Å². The van der Waals surface area contributed by atoms with Crippen LogP contribution < -0.4 is 5.32 Å². The van der Waals surface area contributed by atoms with Crippen LogP contribution in [0.15, 0.2) is 54.6 Å². The van der Waals surface area contributed by atoms with Crippen molar-refractivity contribution < 1.29 is 19.2 Å². The SMILES string of the molecule is Cc1cc(NC(=O)COC(=O)c2cccc3ccccc23)c([N+](=O)[O-])cc1C. The maximum atomic E-state index is 12.4. The fourth-order valence-corrected chi connectivity index (χ4v) is 2.85. The zero-order chi connectivity index (χ0) is 20.3. The second-order valence-electron chi connectivity index (χ2n) is 6.36. The molecule has 0 aliphatic rings. The quantitative estimate of drug-likeness (QED) is 0.408. The Morgan fingerprint density at radius 1 is 1.04 bits per heavy atom. The highest BCUT2D eigenvalue weighted by Gasteiger charge is 2.19. The third-order valence-electron chi connectivity index (χ3n) is 4.43. The van der Waals surface area contributed by atoms with Gasteiger partial charge in [0.2, 0.25) is 0 Å². The molecular formula is C21H18N2O5. The highest BCUT2D eigenvalue weighted by molar-refractivity contribution is 6.05. The monoisotopic (exact) mass is 378 g/mol. The van der Waals surface area contributed by atoms with Crippen LogP contribution in [0.3, 0.4) is 0 Å². The van der Waals surface area contributed by atoms with E-state index in [1.807, 2.05) is 24.3 Å². The number of fused-ring (bicyclic) bond motifs is 1. The summed E-state index contributed by atoms with van der Waals surface area (Å²) in [7, 11) is 0. The maximum absolute atomic E-state index is 12.4. The van der Waals surface area contributed by atoms with Crippen molar-refractivity contribution in [3.05, 3.63) is 81.4 Å². The third-order valence-corrected chi connectivity index (χ3v) is 4.43. The molecule has 3 rings (SSSR count). The Bertz CT molecular complexity index is 1090. The van der Waals surface area contributed by atoms with Gasteiger partial charge >= 0.3 is 5.97 Å². The molecule has 0 fully saturated rings. The Morgan fingerprint density at radius 2 is 1.71 bits per heavy atom. The van der Waals surface area contributed by atoms with E-state index in [4.69, 9.17) is 4.74 Å². The minimum atomic E-state index is -0.653. The topological polar surface area (TPSA) is 98.5 Å². The Morgan fingerprint density at radius 3 is 2.46 bits per heavy atom. The fraction of sp³-hybridized carbons (Fsp3) is 0.143. The number of ether oxygens (including phenoxy) is 1. The van der Waals surface area contributed by atoms with Crippen molar-refractivity contribution >= 4 is 34.0 Å². The second-order valence-corrected chi connectivity index (χ2v) is 6.36. The van der Waals surface area contributed by atoms with Crippen LogP contribution in [0.5, 0.6) is 0 Å². The molecule has 0 unspecified atom stereocenters. The lowest BCUT2D eigenvalue weighted by Gasteiger charge is -2.10. The summed E-state index contributed by atoms with van der Waals surface area (Å²) >= 11 is 0. The zero-order valence-electron chi connectivity index (χ0n) is 15.4. The first-order chi connectivity index (χ1) is 13.4. The molecule has 0 atom stereocenters. The van der Waals surface area contributed by atoms with Crippen molar-refractivity contribution in [3.63, 3.8) is 0 Å². The van der Waals surface area contributed by atoms with Gasteiger partial charge in [-0.05, 0) is 47.9 Å². The Balaban J connectivity index is 1.72. The first kappa shape index (κ1) is 19.0. The number of hydrogen-bond donors (Lipinski definition) is 1. The smallest absolute Gasteiger partial charge is 0.339 e. The van der Waals surface area contributed by atoms with E-state index in [1.54, 1.807) is 32.0 Å². The molecule has 0 spiro atoms. The molecule has 1 N–H and O–H groups in total. The molecule has 7 heteroatoms. The molecular weight excluding hydrogens is 360 g/mol. The van der Waals surface area contributed by atoms with E-state index in [9.17, 15) is 19.7 Å². The minimum Gasteiger partial charge on any atom is -0.452 e. The highest BCUT2D eigenvalue weighted by Crippen LogP contribution is 2.28. The number of benzene rings is 3. The maximum Gasteiger partial charge on any atom is 0.339 e. The Hall–Kier alpha value is -3.74. The van der Waals surface area contributed by atoms with E-state index in [0.29, 0.717) is 5.56 Å². The molecule has 0 aromatic heterocycles. The Kier molecular flexibility index (Phi) is 5.35. The van der Waals surface area contributed by atoms with Gasteiger partial charge in [-0.25, -0.2) is 4.79 Å². The zero-order valence-corrected chi connectivity index (χ0v) is 15.4. The summed E-state index contributed by atoms with van der Waals surface area (Å²) in [5.74, 6) is -1.29. The summed E-state index contributed by atoms with van der Waals surface area (Å²) in [6.45, 7) is 2.99. The van der Waals surface area contributed by atoms with Gasteiger partial charge in [-0.1, -0.05) is 36.4 Å². The van der Waals surface area contributed by atoms with Crippen molar-refractivity contribution in [1.29, 1.82) is 0 Å². The lowest BCUT2D eigenvalue weighted by molar-refractivity contribution is -0.384. The number of nitrogens with one attached hydrogen (secondary N) is 1. The molecule has 3 aromatic carbocycles. The second kappa shape index (κ2) is 7.87. The van der Waals surface area contributed by atoms with E-state index in [-0.39, 0.29) is 11.4 Å². The number of hydrogen-bond acceptors (Lipinski definition) is 5. The number of nitro benzene ring substituents is 1. The van der Waals surface area contributed by atoms with Gasteiger partial charge in [-0.2, -0.15) is 0 Å². The molecule has 0 saturated heterocycles. The van der Waals surface area contributed by atoms with Gasteiger partial charge in [0.1, 0.15) is 5.69 Å². The predicted octanol–water partition coefficient (Wildman–Crippen LogP) is 4.16. The number of carbonyl (C=O) groups excluding carboxylic acids is 2. The molecule has 142 valence electrons. The first-order valence-electron chi connectivity index (χ1n) is 8.57. The van der Waals surface area contributed by atoms with Crippen LogP contribution >= 0.6 is 0 Å². The van der Waals surface area contributed by atoms with E-state index < -0.39 is 23.4 Å². The van der Waals surface area contributed by atoms with Gasteiger partial charge in [-0.15, -0.1) is 0 Å². The van der Waals surface area contributed by atoms with Crippen LogP contribution in [-0.4, -0.2) is 23.4 Å². The van der Waals surface area contributed by atoms with Crippen LogP contribution in [0.25, 0.3) is 10.8 Å². The van der Waals surface area contributed by atoms with Crippen LogP contribution in [-0.2, 0) is 9.53 Å². The lowest BCUT2D eigenvalue weighted by atomic mass is 10.1. The number of nitro groups is 1. The molecule has 0 radical (unpaired) electrons. The molecule has 0 aliphatic carbocycles. The number of carbonyl (C=O) groups is 2. The number of rotatable bonds is 5. The number of esters is 1. The first-order valence-corrected chi connectivity index (χ1v) is 8.57. The molecule has 7 nitrogen and oxygen atoms in total. The summed E-state index contributed by atoms with van der Waals surface area (Å²) in [5.41, 5.74) is 1.75. The number of nitrogens with zero attached hydrogens (tertiary/aromatic N) is 1. The van der Waals surface area contributed by atoms with E-state index >= 15 is 0 Å². The average molecular weight is 378 g/mol. The lowest BCUT2D eigenvalue weighted by Crippen LogP contribution is -2.21. The number of anilines is 1. The molecule has 0 aliphatic heterocycles. The summed E-state index contributed by atoms with van der Waals surface area (Å²) in [6, 6.07) is 15.5. The van der Waals surface area contributed by atoms with Gasteiger partial charge in [0.05, 0.1) is 10.5 Å². The van der Waals surface area contributed by atoms with Gasteiger partial charge in [0, 0.05) is 6.07 Å². The molecule has 28 heavy (non-hydrogen) atoms. The number of amides is 1. The van der Waals surface area contributed by atoms with Crippen LogP contribution in [0, 0.1) is 24.0 Å². The number of aryl methyl sites for hydroxylation is 2. The van der Waals surface area contributed by atoms with Gasteiger partial charge in [-0.3, -0.25) is 14.9 Å². The van der Waals surface area contributed by atoms with Crippen LogP contribution in [0.1, 0.15) is 21.5 Å². The predicted molar refractivity (Wildman–Crippen MR) is 105 cm³/mol. The molecule has 1 amide bonds. The molecule has 0 saturated carbocycles. The normalized spacial score (nSPS) is 10.5. The molecule has 0 bridgehead atoms. The van der Waals surface area contributed by atoms with Gasteiger partial charge in [0.15, 0.2) is 6.61 Å². The highest BCUT2D eigenvalue weighted by atomic mass is 16.6. The van der Waals surface area contributed by atoms with Gasteiger partial charge < -0.3 is 10.1 Å². The van der Waals surface area contributed by atoms with Crippen LogP contribution in [0.2, 0.25) is 0 Å².